The van der Waals surface area contributed by atoms with Crippen LogP contribution in [0.5, 0.6) is 0 Å². The van der Waals surface area contributed by atoms with E-state index in [1.807, 2.05) is 24.3 Å². The number of aliphatic carboxylic acids is 1. The molecule has 19 heavy (non-hydrogen) atoms. The summed E-state index contributed by atoms with van der Waals surface area (Å²) >= 11 is 5.17. The van der Waals surface area contributed by atoms with Crippen molar-refractivity contribution in [2.24, 2.45) is 5.92 Å². The van der Waals surface area contributed by atoms with Crippen LogP contribution in [0.1, 0.15) is 31.4 Å². The van der Waals surface area contributed by atoms with Crippen LogP contribution in [0, 0.1) is 5.92 Å². The van der Waals surface area contributed by atoms with Crippen LogP contribution >= 0.6 is 27.7 Å². The van der Waals surface area contributed by atoms with Crippen LogP contribution < -0.4 is 0 Å². The predicted octanol–water partition coefficient (Wildman–Crippen LogP) is 3.71. The molecule has 0 saturated carbocycles. The highest BCUT2D eigenvalue weighted by Gasteiger charge is 2.18. The third-order valence-corrected chi connectivity index (χ3v) is 4.46. The molecule has 0 aliphatic rings. The molecule has 106 valence electrons. The third kappa shape index (κ3) is 5.97. The smallest absolute Gasteiger partial charge is 0.303 e. The van der Waals surface area contributed by atoms with E-state index >= 15 is 0 Å². The Morgan fingerprint density at radius 3 is 2.53 bits per heavy atom. The SMILES string of the molecule is CC(CC(=O)O)C(O)c1ccc(SCCCBr)cc1. The molecule has 1 rings (SSSR count). The third-order valence-electron chi connectivity index (χ3n) is 2.80. The second kappa shape index (κ2) is 8.61. The normalized spacial score (nSPS) is 14.1. The molecule has 0 heterocycles. The molecular weight excluding hydrogens is 328 g/mol. The fourth-order valence-corrected chi connectivity index (χ4v) is 3.23. The summed E-state index contributed by atoms with van der Waals surface area (Å²) in [7, 11) is 0. The Bertz CT molecular complexity index is 394. The summed E-state index contributed by atoms with van der Waals surface area (Å²) in [4.78, 5) is 11.8. The van der Waals surface area contributed by atoms with Crippen molar-refractivity contribution in [3.05, 3.63) is 29.8 Å². The largest absolute Gasteiger partial charge is 0.481 e. The number of carboxylic acids is 1. The highest BCUT2D eigenvalue weighted by atomic mass is 79.9. The number of alkyl halides is 1. The average Bonchev–Trinajstić information content (AvgIpc) is 2.38. The van der Waals surface area contributed by atoms with E-state index in [-0.39, 0.29) is 12.3 Å². The van der Waals surface area contributed by atoms with Gasteiger partial charge in [-0.1, -0.05) is 35.0 Å². The lowest BCUT2D eigenvalue weighted by molar-refractivity contribution is -0.139. The van der Waals surface area contributed by atoms with E-state index in [2.05, 4.69) is 15.9 Å². The Morgan fingerprint density at radius 2 is 2.00 bits per heavy atom. The quantitative estimate of drug-likeness (QED) is 0.428. The number of carbonyl (C=O) groups is 1. The number of halogens is 1. The van der Waals surface area contributed by atoms with Crippen LogP contribution in [0.3, 0.4) is 0 Å². The van der Waals surface area contributed by atoms with E-state index in [9.17, 15) is 9.90 Å². The Balaban J connectivity index is 2.57. The van der Waals surface area contributed by atoms with Crippen molar-refractivity contribution < 1.29 is 15.0 Å². The Labute approximate surface area is 126 Å². The van der Waals surface area contributed by atoms with E-state index in [1.54, 1.807) is 18.7 Å². The Kier molecular flexibility index (Phi) is 7.49. The Morgan fingerprint density at radius 1 is 1.37 bits per heavy atom. The average molecular weight is 347 g/mol. The predicted molar refractivity (Wildman–Crippen MR) is 82.0 cm³/mol. The molecule has 1 aromatic rings. The highest BCUT2D eigenvalue weighted by Crippen LogP contribution is 2.27. The number of hydrogen-bond donors (Lipinski definition) is 2. The van der Waals surface area contributed by atoms with E-state index in [0.717, 1.165) is 23.1 Å². The number of benzene rings is 1. The van der Waals surface area contributed by atoms with Crippen LogP contribution in [-0.2, 0) is 4.79 Å². The van der Waals surface area contributed by atoms with Gasteiger partial charge in [-0.2, -0.15) is 0 Å². The van der Waals surface area contributed by atoms with Crippen LogP contribution in [-0.4, -0.2) is 27.3 Å². The van der Waals surface area contributed by atoms with Crippen molar-refractivity contribution in [3.8, 4) is 0 Å². The molecular formula is C14H19BrO3S. The first-order valence-corrected chi connectivity index (χ1v) is 8.34. The van der Waals surface area contributed by atoms with Gasteiger partial charge < -0.3 is 10.2 Å². The van der Waals surface area contributed by atoms with E-state index in [0.29, 0.717) is 0 Å². The van der Waals surface area contributed by atoms with Gasteiger partial charge in [0.25, 0.3) is 0 Å². The molecule has 2 N–H and O–H groups in total. The summed E-state index contributed by atoms with van der Waals surface area (Å²) in [6.45, 7) is 1.75. The molecule has 3 nitrogen and oxygen atoms in total. The van der Waals surface area contributed by atoms with Crippen LogP contribution in [0.2, 0.25) is 0 Å². The molecule has 2 atom stereocenters. The van der Waals surface area contributed by atoms with Crippen LogP contribution in [0.15, 0.2) is 29.2 Å². The summed E-state index contributed by atoms with van der Waals surface area (Å²) in [5.74, 6) is -0.111. The molecule has 0 fully saturated rings. The molecule has 0 bridgehead atoms. The number of rotatable bonds is 8. The summed E-state index contributed by atoms with van der Waals surface area (Å²) in [5, 5.41) is 19.8. The maximum atomic E-state index is 10.6. The van der Waals surface area contributed by atoms with Crippen molar-refractivity contribution in [1.29, 1.82) is 0 Å². The molecule has 0 aliphatic carbocycles. The number of carboxylic acid groups (broad SMARTS) is 1. The zero-order chi connectivity index (χ0) is 14.3. The Hall–Kier alpha value is -0.520. The molecule has 0 spiro atoms. The first kappa shape index (κ1) is 16.5. The van der Waals surface area contributed by atoms with Gasteiger partial charge in [0, 0.05) is 10.2 Å². The monoisotopic (exact) mass is 346 g/mol. The van der Waals surface area contributed by atoms with Crippen molar-refractivity contribution in [2.45, 2.75) is 30.8 Å². The topological polar surface area (TPSA) is 57.5 Å². The second-order valence-corrected chi connectivity index (χ2v) is 6.44. The van der Waals surface area contributed by atoms with Gasteiger partial charge in [-0.05, 0) is 35.8 Å². The van der Waals surface area contributed by atoms with Gasteiger partial charge in [-0.25, -0.2) is 0 Å². The van der Waals surface area contributed by atoms with Gasteiger partial charge in [-0.15, -0.1) is 11.8 Å². The number of aliphatic hydroxyl groups excluding tert-OH is 1. The maximum Gasteiger partial charge on any atom is 0.303 e. The van der Waals surface area contributed by atoms with Gasteiger partial charge in [0.2, 0.25) is 0 Å². The first-order valence-electron chi connectivity index (χ1n) is 6.23. The minimum absolute atomic E-state index is 0.0249. The molecule has 5 heteroatoms. The number of hydrogen-bond acceptors (Lipinski definition) is 3. The molecule has 0 aromatic heterocycles. The molecule has 1 aromatic carbocycles. The van der Waals surface area contributed by atoms with Crippen LogP contribution in [0.25, 0.3) is 0 Å². The van der Waals surface area contributed by atoms with E-state index in [4.69, 9.17) is 5.11 Å². The zero-order valence-corrected chi connectivity index (χ0v) is 13.3. The molecule has 0 amide bonds. The molecule has 0 aliphatic heterocycles. The zero-order valence-electron chi connectivity index (χ0n) is 10.9. The maximum absolute atomic E-state index is 10.6. The van der Waals surface area contributed by atoms with Gasteiger partial charge >= 0.3 is 5.97 Å². The summed E-state index contributed by atoms with van der Waals surface area (Å²) in [6, 6.07) is 7.70. The van der Waals surface area contributed by atoms with E-state index in [1.165, 1.54) is 4.90 Å². The first-order chi connectivity index (χ1) is 9.04. The van der Waals surface area contributed by atoms with Crippen molar-refractivity contribution >= 4 is 33.7 Å². The molecule has 2 unspecified atom stereocenters. The van der Waals surface area contributed by atoms with Gasteiger partial charge in [0.1, 0.15) is 0 Å². The number of aliphatic hydroxyl groups is 1. The molecule has 0 radical (unpaired) electrons. The summed E-state index contributed by atoms with van der Waals surface area (Å²) in [5.41, 5.74) is 0.776. The van der Waals surface area contributed by atoms with Crippen molar-refractivity contribution in [1.82, 2.24) is 0 Å². The fourth-order valence-electron chi connectivity index (χ4n) is 1.72. The summed E-state index contributed by atoms with van der Waals surface area (Å²) in [6.07, 6.45) is 0.367. The minimum atomic E-state index is -0.881. The lowest BCUT2D eigenvalue weighted by Crippen LogP contribution is -2.13. The molecule has 0 saturated heterocycles. The second-order valence-electron chi connectivity index (χ2n) is 4.48. The lowest BCUT2D eigenvalue weighted by atomic mass is 9.95. The van der Waals surface area contributed by atoms with Gasteiger partial charge in [0.15, 0.2) is 0 Å². The van der Waals surface area contributed by atoms with Gasteiger partial charge in [0.05, 0.1) is 12.5 Å². The van der Waals surface area contributed by atoms with Crippen molar-refractivity contribution in [3.63, 3.8) is 0 Å². The minimum Gasteiger partial charge on any atom is -0.481 e. The van der Waals surface area contributed by atoms with Gasteiger partial charge in [-0.3, -0.25) is 4.79 Å². The van der Waals surface area contributed by atoms with E-state index < -0.39 is 12.1 Å². The van der Waals surface area contributed by atoms with Crippen molar-refractivity contribution in [2.75, 3.05) is 11.1 Å². The lowest BCUT2D eigenvalue weighted by Gasteiger charge is -2.17. The number of thioether (sulfide) groups is 1. The standard InChI is InChI=1S/C14H19BrO3S/c1-10(9-13(16)17)14(18)11-3-5-12(6-4-11)19-8-2-7-15/h3-6,10,14,18H,2,7-9H2,1H3,(H,16,17). The summed E-state index contributed by atoms with van der Waals surface area (Å²) < 4.78 is 0. The van der Waals surface area contributed by atoms with Crippen LogP contribution in [0.4, 0.5) is 0 Å². The highest BCUT2D eigenvalue weighted by molar-refractivity contribution is 9.09. The fraction of sp³-hybridized carbons (Fsp3) is 0.500.